The Hall–Kier alpha value is -1.99. The smallest absolute Gasteiger partial charge is 0.407 e. The third kappa shape index (κ3) is 8.90. The van der Waals surface area contributed by atoms with Gasteiger partial charge in [0.05, 0.1) is 6.42 Å². The number of alkyl carbamates (subject to hydrolysis) is 1. The summed E-state index contributed by atoms with van der Waals surface area (Å²) in [6.07, 6.45) is -5.95. The summed E-state index contributed by atoms with van der Waals surface area (Å²) in [5.74, 6) is -0.608. The molecule has 4 nitrogen and oxygen atoms in total. The molecule has 1 rings (SSSR count). The third-order valence-corrected chi connectivity index (χ3v) is 2.53. The van der Waals surface area contributed by atoms with Crippen molar-refractivity contribution in [1.29, 1.82) is 0 Å². The molecule has 0 bridgehead atoms. The van der Waals surface area contributed by atoms with Crippen molar-refractivity contribution < 1.29 is 27.1 Å². The number of carbonyl (C=O) groups is 1. The maximum atomic E-state index is 13.5. The summed E-state index contributed by atoms with van der Waals surface area (Å²) in [7, 11) is 0. The van der Waals surface area contributed by atoms with Gasteiger partial charge in [-0.05, 0) is 44.5 Å². The van der Waals surface area contributed by atoms with Gasteiger partial charge in [-0.3, -0.25) is 0 Å². The van der Waals surface area contributed by atoms with Crippen molar-refractivity contribution in [2.75, 3.05) is 11.9 Å². The molecular formula is C15H20F4N2O2. The number of anilines is 1. The largest absolute Gasteiger partial charge is 0.444 e. The Labute approximate surface area is 132 Å². The van der Waals surface area contributed by atoms with Gasteiger partial charge in [0.25, 0.3) is 0 Å². The average molecular weight is 336 g/mol. The van der Waals surface area contributed by atoms with Crippen LogP contribution >= 0.6 is 0 Å². The van der Waals surface area contributed by atoms with Gasteiger partial charge in [-0.25, -0.2) is 9.18 Å². The highest BCUT2D eigenvalue weighted by Gasteiger charge is 2.26. The summed E-state index contributed by atoms with van der Waals surface area (Å²) < 4.78 is 54.8. The molecule has 0 atom stereocenters. The molecule has 0 unspecified atom stereocenters. The first-order valence-electron chi connectivity index (χ1n) is 7.01. The van der Waals surface area contributed by atoms with Gasteiger partial charge in [0.15, 0.2) is 0 Å². The molecule has 0 saturated heterocycles. The van der Waals surface area contributed by atoms with E-state index >= 15 is 0 Å². The number of amides is 1. The summed E-state index contributed by atoms with van der Waals surface area (Å²) in [4.78, 5) is 11.5. The van der Waals surface area contributed by atoms with Crippen LogP contribution in [-0.2, 0) is 11.3 Å². The summed E-state index contributed by atoms with van der Waals surface area (Å²) in [5, 5.41) is 4.96. The van der Waals surface area contributed by atoms with Gasteiger partial charge in [0, 0.05) is 18.8 Å². The Morgan fingerprint density at radius 2 is 1.83 bits per heavy atom. The minimum atomic E-state index is -4.28. The van der Waals surface area contributed by atoms with Gasteiger partial charge >= 0.3 is 12.3 Å². The van der Waals surface area contributed by atoms with Gasteiger partial charge in [-0.1, -0.05) is 0 Å². The highest BCUT2D eigenvalue weighted by Crippen LogP contribution is 2.20. The normalized spacial score (nSPS) is 12.0. The van der Waals surface area contributed by atoms with Crippen molar-refractivity contribution in [2.24, 2.45) is 0 Å². The second-order valence-electron chi connectivity index (χ2n) is 6.00. The van der Waals surface area contributed by atoms with E-state index in [-0.39, 0.29) is 18.8 Å². The molecule has 0 heterocycles. The maximum Gasteiger partial charge on any atom is 0.407 e. The molecule has 1 aromatic rings. The predicted molar refractivity (Wildman–Crippen MR) is 78.6 cm³/mol. The highest BCUT2D eigenvalue weighted by atomic mass is 19.4. The molecule has 0 radical (unpaired) electrons. The number of hydrogen-bond acceptors (Lipinski definition) is 3. The third-order valence-electron chi connectivity index (χ3n) is 2.53. The van der Waals surface area contributed by atoms with Crippen molar-refractivity contribution >= 4 is 11.8 Å². The fraction of sp³-hybridized carbons (Fsp3) is 0.533. The average Bonchev–Trinajstić information content (AvgIpc) is 2.32. The molecule has 2 N–H and O–H groups in total. The van der Waals surface area contributed by atoms with Crippen LogP contribution in [0.15, 0.2) is 18.2 Å². The number of rotatable bonds is 5. The van der Waals surface area contributed by atoms with Crippen molar-refractivity contribution in [3.63, 3.8) is 0 Å². The maximum absolute atomic E-state index is 13.5. The van der Waals surface area contributed by atoms with Crippen LogP contribution in [0, 0.1) is 5.82 Å². The van der Waals surface area contributed by atoms with Crippen LogP contribution in [0.3, 0.4) is 0 Å². The van der Waals surface area contributed by atoms with Crippen molar-refractivity contribution in [2.45, 2.75) is 45.5 Å². The molecule has 130 valence electrons. The van der Waals surface area contributed by atoms with Crippen LogP contribution in [0.2, 0.25) is 0 Å². The standard InChI is InChI=1S/C15H20F4N2O2/c1-14(2,3)23-13(22)21-9-10-6-11(16)8-12(7-10)20-5-4-15(17,18)19/h6-8,20H,4-5,9H2,1-3H3,(H,21,22). The number of benzene rings is 1. The van der Waals surface area contributed by atoms with Crippen LogP contribution in [-0.4, -0.2) is 24.4 Å². The second kappa shape index (κ2) is 7.52. The minimum Gasteiger partial charge on any atom is -0.444 e. The fourth-order valence-electron chi connectivity index (χ4n) is 1.69. The summed E-state index contributed by atoms with van der Waals surface area (Å²) in [6.45, 7) is 4.76. The molecule has 0 aliphatic heterocycles. The molecule has 0 saturated carbocycles. The first-order valence-corrected chi connectivity index (χ1v) is 7.01. The zero-order valence-electron chi connectivity index (χ0n) is 13.2. The summed E-state index contributed by atoms with van der Waals surface area (Å²) >= 11 is 0. The minimum absolute atomic E-state index is 0.000619. The number of ether oxygens (including phenoxy) is 1. The number of halogens is 4. The lowest BCUT2D eigenvalue weighted by Crippen LogP contribution is -2.32. The van der Waals surface area contributed by atoms with Crippen molar-refractivity contribution in [3.8, 4) is 0 Å². The van der Waals surface area contributed by atoms with Gasteiger partial charge in [0.1, 0.15) is 11.4 Å². The molecule has 0 aliphatic carbocycles. The number of nitrogens with one attached hydrogen (secondary N) is 2. The summed E-state index contributed by atoms with van der Waals surface area (Å²) in [6, 6.07) is 3.75. The van der Waals surface area contributed by atoms with Crippen LogP contribution in [0.1, 0.15) is 32.8 Å². The van der Waals surface area contributed by atoms with Crippen LogP contribution in [0.4, 0.5) is 28.0 Å². The topological polar surface area (TPSA) is 50.4 Å². The van der Waals surface area contributed by atoms with Crippen molar-refractivity contribution in [3.05, 3.63) is 29.6 Å². The number of carbonyl (C=O) groups excluding carboxylic acids is 1. The van der Waals surface area contributed by atoms with Gasteiger partial charge < -0.3 is 15.4 Å². The molecule has 8 heteroatoms. The van der Waals surface area contributed by atoms with E-state index in [1.807, 2.05) is 0 Å². The van der Waals surface area contributed by atoms with Crippen LogP contribution in [0.5, 0.6) is 0 Å². The van der Waals surface area contributed by atoms with E-state index in [2.05, 4.69) is 10.6 Å². The van der Waals surface area contributed by atoms with Crippen molar-refractivity contribution in [1.82, 2.24) is 5.32 Å². The molecule has 0 fully saturated rings. The number of hydrogen-bond donors (Lipinski definition) is 2. The number of alkyl halides is 3. The van der Waals surface area contributed by atoms with Crippen LogP contribution in [0.25, 0.3) is 0 Å². The Bertz CT molecular complexity index is 539. The molecule has 0 spiro atoms. The Morgan fingerprint density at radius 1 is 1.17 bits per heavy atom. The first kappa shape index (κ1) is 19.1. The predicted octanol–water partition coefficient (Wildman–Crippen LogP) is 4.21. The lowest BCUT2D eigenvalue weighted by molar-refractivity contribution is -0.131. The lowest BCUT2D eigenvalue weighted by Gasteiger charge is -2.19. The van der Waals surface area contributed by atoms with E-state index in [1.165, 1.54) is 12.1 Å². The molecular weight excluding hydrogens is 316 g/mol. The highest BCUT2D eigenvalue weighted by molar-refractivity contribution is 5.67. The molecule has 0 aromatic heterocycles. The van der Waals surface area contributed by atoms with E-state index in [1.54, 1.807) is 20.8 Å². The van der Waals surface area contributed by atoms with E-state index in [9.17, 15) is 22.4 Å². The quantitative estimate of drug-likeness (QED) is 0.792. The van der Waals surface area contributed by atoms with Gasteiger partial charge in [-0.15, -0.1) is 0 Å². The Balaban J connectivity index is 2.58. The van der Waals surface area contributed by atoms with E-state index in [0.717, 1.165) is 6.07 Å². The SMILES string of the molecule is CC(C)(C)OC(=O)NCc1cc(F)cc(NCCC(F)(F)F)c1. The van der Waals surface area contributed by atoms with E-state index < -0.39 is 30.1 Å². The first-order chi connectivity index (χ1) is 10.4. The van der Waals surface area contributed by atoms with Gasteiger partial charge in [-0.2, -0.15) is 13.2 Å². The Kier molecular flexibility index (Phi) is 6.23. The second-order valence-corrected chi connectivity index (χ2v) is 6.00. The zero-order chi connectivity index (χ0) is 17.7. The Morgan fingerprint density at radius 3 is 2.39 bits per heavy atom. The molecule has 1 aromatic carbocycles. The monoisotopic (exact) mass is 336 g/mol. The fourth-order valence-corrected chi connectivity index (χ4v) is 1.69. The summed E-state index contributed by atoms with van der Waals surface area (Å²) in [5.41, 5.74) is -0.0309. The van der Waals surface area contributed by atoms with E-state index in [4.69, 9.17) is 4.74 Å². The molecule has 1 amide bonds. The molecule has 23 heavy (non-hydrogen) atoms. The van der Waals surface area contributed by atoms with Gasteiger partial charge in [0.2, 0.25) is 0 Å². The zero-order valence-corrected chi connectivity index (χ0v) is 13.2. The molecule has 0 aliphatic rings. The lowest BCUT2D eigenvalue weighted by atomic mass is 10.2. The van der Waals surface area contributed by atoms with E-state index in [0.29, 0.717) is 5.56 Å². The van der Waals surface area contributed by atoms with Crippen LogP contribution < -0.4 is 10.6 Å².